The topological polar surface area (TPSA) is 29.3 Å². The molecule has 1 atom stereocenters. The van der Waals surface area contributed by atoms with Gasteiger partial charge in [0.2, 0.25) is 0 Å². The minimum absolute atomic E-state index is 0.261. The van der Waals surface area contributed by atoms with Crippen LogP contribution in [0.25, 0.3) is 0 Å². The van der Waals surface area contributed by atoms with Crippen molar-refractivity contribution in [3.05, 3.63) is 33.3 Å². The van der Waals surface area contributed by atoms with Gasteiger partial charge in [0.15, 0.2) is 0 Å². The van der Waals surface area contributed by atoms with Gasteiger partial charge in [-0.2, -0.15) is 0 Å². The highest BCUT2D eigenvalue weighted by atomic mass is 79.9. The van der Waals surface area contributed by atoms with Gasteiger partial charge in [-0.25, -0.2) is 0 Å². The second-order valence-electron chi connectivity index (χ2n) is 4.45. The van der Waals surface area contributed by atoms with E-state index in [0.29, 0.717) is 6.54 Å². The molecule has 0 saturated carbocycles. The molecule has 0 spiro atoms. The zero-order valence-electron chi connectivity index (χ0n) is 11.1. The van der Waals surface area contributed by atoms with E-state index in [-0.39, 0.29) is 6.04 Å². The van der Waals surface area contributed by atoms with Crippen molar-refractivity contribution in [3.63, 3.8) is 0 Å². The largest absolute Gasteiger partial charge is 0.329 e. The van der Waals surface area contributed by atoms with Crippen LogP contribution in [0.15, 0.2) is 22.7 Å². The number of hydrogen-bond acceptors (Lipinski definition) is 2. The van der Waals surface area contributed by atoms with Crippen LogP contribution in [-0.4, -0.2) is 24.5 Å². The van der Waals surface area contributed by atoms with Crippen LogP contribution in [0.2, 0.25) is 5.02 Å². The highest BCUT2D eigenvalue weighted by molar-refractivity contribution is 9.10. The van der Waals surface area contributed by atoms with Crippen LogP contribution in [0.5, 0.6) is 0 Å². The van der Waals surface area contributed by atoms with E-state index in [0.717, 1.165) is 35.4 Å². The second-order valence-corrected chi connectivity index (χ2v) is 5.74. The molecule has 0 fully saturated rings. The molecule has 102 valence electrons. The first kappa shape index (κ1) is 16.0. The predicted molar refractivity (Wildman–Crippen MR) is 83.1 cm³/mol. The van der Waals surface area contributed by atoms with Crippen LogP contribution in [0.1, 0.15) is 38.3 Å². The number of nitrogens with zero attached hydrogens (tertiary/aromatic N) is 1. The third-order valence-corrected chi connectivity index (χ3v) is 3.93. The molecule has 0 radical (unpaired) electrons. The fourth-order valence-electron chi connectivity index (χ4n) is 2.24. The Kier molecular flexibility index (Phi) is 7.23. The molecular formula is C14H22BrClN2. The SMILES string of the molecule is CCCN(CCC)C(CN)c1ccc(Cl)cc1Br. The van der Waals surface area contributed by atoms with Gasteiger partial charge in [0, 0.05) is 22.1 Å². The number of nitrogens with two attached hydrogens (primary N) is 1. The van der Waals surface area contributed by atoms with Crippen molar-refractivity contribution in [3.8, 4) is 0 Å². The van der Waals surface area contributed by atoms with Gasteiger partial charge in [-0.1, -0.05) is 47.4 Å². The second kappa shape index (κ2) is 8.16. The summed E-state index contributed by atoms with van der Waals surface area (Å²) < 4.78 is 1.04. The standard InChI is InChI=1S/C14H22BrClN2/c1-3-7-18(8-4-2)14(10-17)12-6-5-11(16)9-13(12)15/h5-6,9,14H,3-4,7-8,10,17H2,1-2H3. The molecule has 1 aromatic rings. The lowest BCUT2D eigenvalue weighted by Crippen LogP contribution is -2.35. The van der Waals surface area contributed by atoms with E-state index in [4.69, 9.17) is 17.3 Å². The van der Waals surface area contributed by atoms with Crippen LogP contribution in [0.3, 0.4) is 0 Å². The Hall–Kier alpha value is -0.0900. The molecule has 0 saturated heterocycles. The van der Waals surface area contributed by atoms with Crippen LogP contribution < -0.4 is 5.73 Å². The van der Waals surface area contributed by atoms with E-state index >= 15 is 0 Å². The number of hydrogen-bond donors (Lipinski definition) is 1. The minimum Gasteiger partial charge on any atom is -0.329 e. The average Bonchev–Trinajstić information content (AvgIpc) is 2.33. The van der Waals surface area contributed by atoms with Crippen molar-refractivity contribution in [2.45, 2.75) is 32.7 Å². The predicted octanol–water partition coefficient (Wildman–Crippen LogP) is 4.22. The molecule has 1 rings (SSSR count). The minimum atomic E-state index is 0.261. The zero-order valence-corrected chi connectivity index (χ0v) is 13.5. The molecule has 0 bridgehead atoms. The Morgan fingerprint density at radius 3 is 2.33 bits per heavy atom. The monoisotopic (exact) mass is 332 g/mol. The molecule has 0 aliphatic carbocycles. The van der Waals surface area contributed by atoms with Gasteiger partial charge in [0.25, 0.3) is 0 Å². The van der Waals surface area contributed by atoms with E-state index in [1.54, 1.807) is 0 Å². The molecule has 0 aromatic heterocycles. The van der Waals surface area contributed by atoms with Crippen molar-refractivity contribution in [1.82, 2.24) is 4.90 Å². The van der Waals surface area contributed by atoms with Crippen molar-refractivity contribution < 1.29 is 0 Å². The summed E-state index contributed by atoms with van der Waals surface area (Å²) in [5, 5.41) is 0.749. The lowest BCUT2D eigenvalue weighted by atomic mass is 10.0. The summed E-state index contributed by atoms with van der Waals surface area (Å²) in [5.41, 5.74) is 7.20. The molecule has 0 heterocycles. The number of rotatable bonds is 7. The molecule has 0 aliphatic heterocycles. The third-order valence-electron chi connectivity index (χ3n) is 3.01. The van der Waals surface area contributed by atoms with Gasteiger partial charge in [-0.3, -0.25) is 4.90 Å². The van der Waals surface area contributed by atoms with Gasteiger partial charge in [-0.15, -0.1) is 0 Å². The van der Waals surface area contributed by atoms with Crippen LogP contribution >= 0.6 is 27.5 Å². The molecule has 2 nitrogen and oxygen atoms in total. The van der Waals surface area contributed by atoms with Crippen molar-refractivity contribution >= 4 is 27.5 Å². The first-order chi connectivity index (χ1) is 8.63. The Bertz CT molecular complexity index is 365. The summed E-state index contributed by atoms with van der Waals surface area (Å²) in [5.74, 6) is 0. The first-order valence-corrected chi connectivity index (χ1v) is 7.70. The maximum atomic E-state index is 5.99. The summed E-state index contributed by atoms with van der Waals surface area (Å²) in [6.45, 7) is 7.18. The maximum absolute atomic E-state index is 5.99. The van der Waals surface area contributed by atoms with E-state index in [1.165, 1.54) is 5.56 Å². The van der Waals surface area contributed by atoms with Crippen molar-refractivity contribution in [2.75, 3.05) is 19.6 Å². The zero-order chi connectivity index (χ0) is 13.5. The lowest BCUT2D eigenvalue weighted by molar-refractivity contribution is 0.201. The fraction of sp³-hybridized carbons (Fsp3) is 0.571. The molecule has 1 aromatic carbocycles. The Morgan fingerprint density at radius 2 is 1.89 bits per heavy atom. The number of benzene rings is 1. The van der Waals surface area contributed by atoms with Gasteiger partial charge in [-0.05, 0) is 43.6 Å². The molecule has 4 heteroatoms. The van der Waals surface area contributed by atoms with Gasteiger partial charge in [0.1, 0.15) is 0 Å². The molecule has 18 heavy (non-hydrogen) atoms. The summed E-state index contributed by atoms with van der Waals surface area (Å²) in [7, 11) is 0. The van der Waals surface area contributed by atoms with Gasteiger partial charge in [0.05, 0.1) is 0 Å². The van der Waals surface area contributed by atoms with Crippen molar-refractivity contribution in [2.24, 2.45) is 5.73 Å². The molecule has 0 aliphatic rings. The fourth-order valence-corrected chi connectivity index (χ4v) is 3.19. The Labute approximate surface area is 124 Å². The summed E-state index contributed by atoms with van der Waals surface area (Å²) in [6.07, 6.45) is 2.28. The third kappa shape index (κ3) is 4.23. The van der Waals surface area contributed by atoms with Gasteiger partial charge >= 0.3 is 0 Å². The molecule has 1 unspecified atom stereocenters. The van der Waals surface area contributed by atoms with Crippen LogP contribution in [0, 0.1) is 0 Å². The van der Waals surface area contributed by atoms with E-state index in [1.807, 2.05) is 12.1 Å². The highest BCUT2D eigenvalue weighted by Gasteiger charge is 2.19. The van der Waals surface area contributed by atoms with E-state index in [2.05, 4.69) is 40.7 Å². The molecule has 2 N–H and O–H groups in total. The maximum Gasteiger partial charge on any atom is 0.0481 e. The van der Waals surface area contributed by atoms with E-state index in [9.17, 15) is 0 Å². The van der Waals surface area contributed by atoms with Crippen LogP contribution in [0.4, 0.5) is 0 Å². The number of halogens is 2. The first-order valence-electron chi connectivity index (χ1n) is 6.53. The Morgan fingerprint density at radius 1 is 1.28 bits per heavy atom. The van der Waals surface area contributed by atoms with Gasteiger partial charge < -0.3 is 5.73 Å². The van der Waals surface area contributed by atoms with Crippen LogP contribution in [-0.2, 0) is 0 Å². The highest BCUT2D eigenvalue weighted by Crippen LogP contribution is 2.30. The van der Waals surface area contributed by atoms with E-state index < -0.39 is 0 Å². The summed E-state index contributed by atoms with van der Waals surface area (Å²) in [6, 6.07) is 6.20. The smallest absolute Gasteiger partial charge is 0.0481 e. The molecule has 0 amide bonds. The normalized spacial score (nSPS) is 13.0. The Balaban J connectivity index is 2.98. The lowest BCUT2D eigenvalue weighted by Gasteiger charge is -2.31. The molecular weight excluding hydrogens is 312 g/mol. The average molecular weight is 334 g/mol. The quantitative estimate of drug-likeness (QED) is 0.809. The summed E-state index contributed by atoms with van der Waals surface area (Å²) >= 11 is 9.58. The van der Waals surface area contributed by atoms with Crippen molar-refractivity contribution in [1.29, 1.82) is 0 Å². The summed E-state index contributed by atoms with van der Waals surface area (Å²) in [4.78, 5) is 2.45.